The zero-order chi connectivity index (χ0) is 18.9. The quantitative estimate of drug-likeness (QED) is 0.742. The summed E-state index contributed by atoms with van der Waals surface area (Å²) < 4.78 is 6.62. The summed E-state index contributed by atoms with van der Waals surface area (Å²) in [4.78, 5) is 19.2. The molecule has 1 fully saturated rings. The number of amides is 1. The van der Waals surface area contributed by atoms with Crippen LogP contribution in [0.3, 0.4) is 0 Å². The van der Waals surface area contributed by atoms with Crippen molar-refractivity contribution in [2.24, 2.45) is 5.73 Å². The lowest BCUT2D eigenvalue weighted by Crippen LogP contribution is -2.46. The molecule has 1 aliphatic carbocycles. The molecule has 0 bridgehead atoms. The second kappa shape index (κ2) is 7.53. The lowest BCUT2D eigenvalue weighted by Gasteiger charge is -2.37. The van der Waals surface area contributed by atoms with E-state index in [2.05, 4.69) is 20.9 Å². The number of nitrogens with zero attached hydrogens (tertiary/aromatic N) is 2. The van der Waals surface area contributed by atoms with Crippen LogP contribution in [0.1, 0.15) is 46.5 Å². The molecule has 140 valence electrons. The van der Waals surface area contributed by atoms with Gasteiger partial charge in [0.15, 0.2) is 0 Å². The molecule has 0 unspecified atom stereocenters. The predicted octanol–water partition coefficient (Wildman–Crippen LogP) is 5.01. The number of pyridine rings is 1. The van der Waals surface area contributed by atoms with Crippen molar-refractivity contribution in [1.29, 1.82) is 0 Å². The van der Waals surface area contributed by atoms with Gasteiger partial charge < -0.3 is 10.5 Å². The van der Waals surface area contributed by atoms with Gasteiger partial charge in [-0.05, 0) is 68.5 Å². The molecule has 3 rings (SSSR count). The predicted molar refractivity (Wildman–Crippen MR) is 108 cm³/mol. The van der Waals surface area contributed by atoms with Crippen LogP contribution in [0, 0.1) is 0 Å². The van der Waals surface area contributed by atoms with Crippen molar-refractivity contribution in [2.45, 2.75) is 64.1 Å². The van der Waals surface area contributed by atoms with E-state index >= 15 is 0 Å². The second-order valence-corrected chi connectivity index (χ2v) is 8.77. The van der Waals surface area contributed by atoms with Crippen LogP contribution in [0.2, 0.25) is 0 Å². The molecule has 5 nitrogen and oxygen atoms in total. The van der Waals surface area contributed by atoms with Gasteiger partial charge in [0, 0.05) is 39.7 Å². The van der Waals surface area contributed by atoms with Crippen molar-refractivity contribution in [1.82, 2.24) is 4.98 Å². The highest BCUT2D eigenvalue weighted by Crippen LogP contribution is 2.36. The number of hydrogen-bond donors (Lipinski definition) is 1. The van der Waals surface area contributed by atoms with Gasteiger partial charge in [0.05, 0.1) is 5.69 Å². The van der Waals surface area contributed by atoms with Crippen LogP contribution >= 0.6 is 15.9 Å². The van der Waals surface area contributed by atoms with E-state index in [-0.39, 0.29) is 18.2 Å². The summed E-state index contributed by atoms with van der Waals surface area (Å²) in [7, 11) is 0. The molecule has 1 amide bonds. The number of halogens is 1. The van der Waals surface area contributed by atoms with E-state index in [9.17, 15) is 4.79 Å². The van der Waals surface area contributed by atoms with E-state index in [1.807, 2.05) is 50.1 Å². The minimum absolute atomic E-state index is 0.0790. The highest BCUT2D eigenvalue weighted by atomic mass is 79.9. The molecule has 0 spiro atoms. The summed E-state index contributed by atoms with van der Waals surface area (Å²) in [5, 5.41) is 1.96. The van der Waals surface area contributed by atoms with E-state index in [1.54, 1.807) is 6.20 Å². The Morgan fingerprint density at radius 3 is 2.58 bits per heavy atom. The third-order valence-corrected chi connectivity index (χ3v) is 5.27. The van der Waals surface area contributed by atoms with Crippen LogP contribution < -0.4 is 10.6 Å². The number of ether oxygens (including phenoxy) is 1. The van der Waals surface area contributed by atoms with Crippen LogP contribution in [-0.4, -0.2) is 28.8 Å². The SMILES string of the molecule is CC(C)(C)OC(=O)N(c1cccc2cncc(Br)c12)C1CCC(N)CC1. The molecule has 0 saturated heterocycles. The van der Waals surface area contributed by atoms with Crippen LogP contribution in [0.5, 0.6) is 0 Å². The molecular weight excluding hydrogens is 394 g/mol. The molecule has 1 heterocycles. The van der Waals surface area contributed by atoms with Gasteiger partial charge in [0.1, 0.15) is 5.60 Å². The van der Waals surface area contributed by atoms with Crippen LogP contribution in [-0.2, 0) is 4.74 Å². The van der Waals surface area contributed by atoms with Gasteiger partial charge in [-0.15, -0.1) is 0 Å². The van der Waals surface area contributed by atoms with Gasteiger partial charge in [-0.2, -0.15) is 0 Å². The van der Waals surface area contributed by atoms with Crippen molar-refractivity contribution in [3.05, 3.63) is 35.1 Å². The fraction of sp³-hybridized carbons (Fsp3) is 0.500. The summed E-state index contributed by atoms with van der Waals surface area (Å²) in [5.41, 5.74) is 6.38. The number of fused-ring (bicyclic) bond motifs is 1. The lowest BCUT2D eigenvalue weighted by molar-refractivity contribution is 0.0557. The molecule has 1 aromatic heterocycles. The molecule has 1 saturated carbocycles. The van der Waals surface area contributed by atoms with E-state index < -0.39 is 5.60 Å². The first-order valence-electron chi connectivity index (χ1n) is 9.06. The van der Waals surface area contributed by atoms with E-state index in [1.165, 1.54) is 0 Å². The zero-order valence-corrected chi connectivity index (χ0v) is 17.1. The van der Waals surface area contributed by atoms with Crippen LogP contribution in [0.4, 0.5) is 10.5 Å². The molecule has 2 aromatic rings. The second-order valence-electron chi connectivity index (χ2n) is 7.92. The van der Waals surface area contributed by atoms with E-state index in [0.29, 0.717) is 0 Å². The molecule has 0 atom stereocenters. The first-order chi connectivity index (χ1) is 12.3. The highest BCUT2D eigenvalue weighted by molar-refractivity contribution is 9.10. The van der Waals surface area contributed by atoms with Crippen molar-refractivity contribution >= 4 is 38.5 Å². The third-order valence-electron chi connectivity index (χ3n) is 4.67. The fourth-order valence-corrected chi connectivity index (χ4v) is 4.04. The van der Waals surface area contributed by atoms with Gasteiger partial charge in [-0.3, -0.25) is 9.88 Å². The number of hydrogen-bond acceptors (Lipinski definition) is 4. The summed E-state index contributed by atoms with van der Waals surface area (Å²) in [6, 6.07) is 6.23. The molecule has 0 radical (unpaired) electrons. The topological polar surface area (TPSA) is 68.5 Å². The Balaban J connectivity index is 2.07. The molecule has 2 N–H and O–H groups in total. The van der Waals surface area contributed by atoms with Gasteiger partial charge >= 0.3 is 6.09 Å². The third kappa shape index (κ3) is 4.18. The number of carbonyl (C=O) groups excluding carboxylic acids is 1. The lowest BCUT2D eigenvalue weighted by atomic mass is 9.90. The molecule has 26 heavy (non-hydrogen) atoms. The van der Waals surface area contributed by atoms with E-state index in [4.69, 9.17) is 10.5 Å². The zero-order valence-electron chi connectivity index (χ0n) is 15.5. The largest absolute Gasteiger partial charge is 0.443 e. The van der Waals surface area contributed by atoms with Gasteiger partial charge in [0.25, 0.3) is 0 Å². The summed E-state index contributed by atoms with van der Waals surface area (Å²) >= 11 is 3.60. The van der Waals surface area contributed by atoms with Crippen molar-refractivity contribution in [2.75, 3.05) is 4.90 Å². The van der Waals surface area contributed by atoms with Crippen molar-refractivity contribution in [3.63, 3.8) is 0 Å². The Morgan fingerprint density at radius 2 is 1.92 bits per heavy atom. The minimum atomic E-state index is -0.552. The Bertz CT molecular complexity index is 790. The highest BCUT2D eigenvalue weighted by Gasteiger charge is 2.33. The molecule has 6 heteroatoms. The Labute approximate surface area is 163 Å². The minimum Gasteiger partial charge on any atom is -0.443 e. The number of aromatic nitrogens is 1. The molecule has 1 aromatic carbocycles. The average Bonchev–Trinajstić information content (AvgIpc) is 2.55. The number of anilines is 1. The molecule has 0 aliphatic heterocycles. The maximum absolute atomic E-state index is 13.1. The van der Waals surface area contributed by atoms with Gasteiger partial charge in [-0.25, -0.2) is 4.79 Å². The maximum Gasteiger partial charge on any atom is 0.415 e. The van der Waals surface area contributed by atoms with E-state index in [0.717, 1.165) is 46.6 Å². The number of rotatable bonds is 2. The standard InChI is InChI=1S/C20H26BrN3O2/c1-20(2,3)26-19(25)24(15-9-7-14(22)8-10-15)17-6-4-5-13-11-23-12-16(21)18(13)17/h4-6,11-12,14-15H,7-10,22H2,1-3H3. The molecule has 1 aliphatic rings. The normalized spacial score (nSPS) is 20.8. The first-order valence-corrected chi connectivity index (χ1v) is 9.85. The van der Waals surface area contributed by atoms with Crippen LogP contribution in [0.25, 0.3) is 10.8 Å². The van der Waals surface area contributed by atoms with Gasteiger partial charge in [-0.1, -0.05) is 12.1 Å². The van der Waals surface area contributed by atoms with Gasteiger partial charge in [0.2, 0.25) is 0 Å². The Morgan fingerprint density at radius 1 is 1.23 bits per heavy atom. The maximum atomic E-state index is 13.1. The van der Waals surface area contributed by atoms with Crippen molar-refractivity contribution in [3.8, 4) is 0 Å². The summed E-state index contributed by atoms with van der Waals surface area (Å²) in [6.07, 6.45) is 6.84. The number of nitrogens with two attached hydrogens (primary N) is 1. The monoisotopic (exact) mass is 419 g/mol. The first kappa shape index (κ1) is 19.1. The summed E-state index contributed by atoms with van der Waals surface area (Å²) in [6.45, 7) is 5.68. The summed E-state index contributed by atoms with van der Waals surface area (Å²) in [5.74, 6) is 0. The van der Waals surface area contributed by atoms with Crippen molar-refractivity contribution < 1.29 is 9.53 Å². The Kier molecular flexibility index (Phi) is 5.53. The van der Waals surface area contributed by atoms with Crippen LogP contribution in [0.15, 0.2) is 35.1 Å². The average molecular weight is 420 g/mol. The Hall–Kier alpha value is -1.66. The number of benzene rings is 1. The fourth-order valence-electron chi connectivity index (χ4n) is 3.49. The smallest absolute Gasteiger partial charge is 0.415 e. The number of carbonyl (C=O) groups is 1. The molecular formula is C20H26BrN3O2.